The molecule has 2 heterocycles. The summed E-state index contributed by atoms with van der Waals surface area (Å²) in [6.45, 7) is 0. The number of aliphatic hydroxyl groups excluding tert-OH is 1. The molecule has 0 spiro atoms. The maximum absolute atomic E-state index is 13.1. The number of hydrogen-bond acceptors (Lipinski definition) is 4. The fraction of sp³-hybridized carbons (Fsp3) is 0.111. The van der Waals surface area contributed by atoms with E-state index in [4.69, 9.17) is 4.42 Å². The molecule has 2 aromatic heterocycles. The van der Waals surface area contributed by atoms with E-state index in [0.29, 0.717) is 0 Å². The van der Waals surface area contributed by atoms with Crippen molar-refractivity contribution in [3.05, 3.63) is 48.2 Å². The molecule has 0 aliphatic rings. The van der Waals surface area contributed by atoms with Crippen LogP contribution in [0.2, 0.25) is 0 Å². The molecule has 2 aromatic rings. The quantitative estimate of drug-likeness (QED) is 0.782. The maximum atomic E-state index is 13.1. The van der Waals surface area contributed by atoms with Crippen LogP contribution in [0.15, 0.2) is 35.2 Å². The molecule has 5 heteroatoms. The molecule has 0 fully saturated rings. The topological polar surface area (TPSA) is 59.2 Å². The van der Waals surface area contributed by atoms with Gasteiger partial charge in [0.25, 0.3) is 0 Å². The number of hydrogen-bond donors (Lipinski definition) is 1. The fourth-order valence-corrected chi connectivity index (χ4v) is 1.10. The summed E-state index contributed by atoms with van der Waals surface area (Å²) in [5.74, 6) is -0.555. The van der Waals surface area contributed by atoms with Crippen LogP contribution in [-0.4, -0.2) is 15.1 Å². The third kappa shape index (κ3) is 1.49. The van der Waals surface area contributed by atoms with E-state index < -0.39 is 12.1 Å². The minimum Gasteiger partial charge on any atom is -0.466 e. The highest BCUT2D eigenvalue weighted by molar-refractivity contribution is 5.15. The zero-order valence-corrected chi connectivity index (χ0v) is 7.09. The zero-order chi connectivity index (χ0) is 9.97. The third-order valence-corrected chi connectivity index (χ3v) is 1.75. The van der Waals surface area contributed by atoms with Gasteiger partial charge in [0.2, 0.25) is 5.95 Å². The van der Waals surface area contributed by atoms with Gasteiger partial charge in [-0.1, -0.05) is 0 Å². The Morgan fingerprint density at radius 2 is 2.14 bits per heavy atom. The Labute approximate surface area is 79.0 Å². The molecule has 14 heavy (non-hydrogen) atoms. The summed E-state index contributed by atoms with van der Waals surface area (Å²) < 4.78 is 18.0. The normalized spacial score (nSPS) is 12.7. The molecule has 72 valence electrons. The second kappa shape index (κ2) is 3.55. The Balaban J connectivity index is 2.37. The predicted molar refractivity (Wildman–Crippen MR) is 44.8 cm³/mol. The number of halogens is 1. The Bertz CT molecular complexity index is 417. The van der Waals surface area contributed by atoms with Crippen molar-refractivity contribution in [2.75, 3.05) is 0 Å². The molecular formula is C9H7FN2O2. The first kappa shape index (κ1) is 8.83. The lowest BCUT2D eigenvalue weighted by atomic mass is 10.2. The second-order valence-electron chi connectivity index (χ2n) is 2.65. The van der Waals surface area contributed by atoms with Gasteiger partial charge in [0.1, 0.15) is 11.5 Å². The lowest BCUT2D eigenvalue weighted by molar-refractivity contribution is 0.178. The van der Waals surface area contributed by atoms with Crippen molar-refractivity contribution in [2.45, 2.75) is 6.10 Å². The Kier molecular flexibility index (Phi) is 2.24. The summed E-state index contributed by atoms with van der Waals surface area (Å²) in [6.07, 6.45) is 2.71. The van der Waals surface area contributed by atoms with Crippen LogP contribution in [0.5, 0.6) is 0 Å². The predicted octanol–water partition coefficient (Wildman–Crippen LogP) is 1.29. The van der Waals surface area contributed by atoms with Crippen LogP contribution >= 0.6 is 0 Å². The van der Waals surface area contributed by atoms with Gasteiger partial charge in [-0.15, -0.1) is 0 Å². The summed E-state index contributed by atoms with van der Waals surface area (Å²) in [6, 6.07) is 3.14. The SMILES string of the molecule is OC(c1ccco1)c1nccnc1F. The summed E-state index contributed by atoms with van der Waals surface area (Å²) in [5, 5.41) is 9.63. The summed E-state index contributed by atoms with van der Waals surface area (Å²) in [4.78, 5) is 7.07. The molecule has 0 saturated heterocycles. The van der Waals surface area contributed by atoms with Crippen LogP contribution in [0.25, 0.3) is 0 Å². The Morgan fingerprint density at radius 3 is 2.79 bits per heavy atom. The van der Waals surface area contributed by atoms with Crippen LogP contribution in [-0.2, 0) is 0 Å². The molecule has 0 bridgehead atoms. The van der Waals surface area contributed by atoms with Gasteiger partial charge in [-0.05, 0) is 12.1 Å². The lowest BCUT2D eigenvalue weighted by Crippen LogP contribution is -2.05. The van der Waals surface area contributed by atoms with Crippen molar-refractivity contribution in [1.29, 1.82) is 0 Å². The molecular weight excluding hydrogens is 187 g/mol. The average Bonchev–Trinajstić information content (AvgIpc) is 2.70. The molecule has 0 radical (unpaired) electrons. The molecule has 0 aliphatic heterocycles. The van der Waals surface area contributed by atoms with Crippen molar-refractivity contribution in [1.82, 2.24) is 9.97 Å². The van der Waals surface area contributed by atoms with Gasteiger partial charge in [-0.25, -0.2) is 4.98 Å². The second-order valence-corrected chi connectivity index (χ2v) is 2.65. The molecule has 0 saturated carbocycles. The molecule has 0 aliphatic carbocycles. The van der Waals surface area contributed by atoms with Crippen molar-refractivity contribution in [3.63, 3.8) is 0 Å². The van der Waals surface area contributed by atoms with Crippen LogP contribution in [0.4, 0.5) is 4.39 Å². The van der Waals surface area contributed by atoms with Crippen LogP contribution in [0, 0.1) is 5.95 Å². The van der Waals surface area contributed by atoms with E-state index in [0.717, 1.165) is 0 Å². The minimum atomic E-state index is -1.21. The van der Waals surface area contributed by atoms with Gasteiger partial charge in [-0.3, -0.25) is 4.98 Å². The number of furan rings is 1. The Hall–Kier alpha value is -1.75. The van der Waals surface area contributed by atoms with Crippen LogP contribution < -0.4 is 0 Å². The van der Waals surface area contributed by atoms with Gasteiger partial charge in [-0.2, -0.15) is 4.39 Å². The molecule has 1 N–H and O–H groups in total. The van der Waals surface area contributed by atoms with Crippen molar-refractivity contribution < 1.29 is 13.9 Å². The van der Waals surface area contributed by atoms with E-state index >= 15 is 0 Å². The molecule has 4 nitrogen and oxygen atoms in total. The van der Waals surface area contributed by atoms with E-state index in [2.05, 4.69) is 9.97 Å². The van der Waals surface area contributed by atoms with E-state index in [1.165, 1.54) is 18.7 Å². The van der Waals surface area contributed by atoms with Crippen molar-refractivity contribution >= 4 is 0 Å². The lowest BCUT2D eigenvalue weighted by Gasteiger charge is -2.06. The first-order valence-corrected chi connectivity index (χ1v) is 3.97. The summed E-state index contributed by atoms with van der Waals surface area (Å²) in [5.41, 5.74) is -0.137. The molecule has 2 rings (SSSR count). The zero-order valence-electron chi connectivity index (χ0n) is 7.09. The average molecular weight is 194 g/mol. The first-order valence-electron chi connectivity index (χ1n) is 3.97. The van der Waals surface area contributed by atoms with Gasteiger partial charge in [0.05, 0.1) is 6.26 Å². The summed E-state index contributed by atoms with van der Waals surface area (Å²) >= 11 is 0. The van der Waals surface area contributed by atoms with Crippen molar-refractivity contribution in [2.24, 2.45) is 0 Å². The number of nitrogens with zero attached hydrogens (tertiary/aromatic N) is 2. The Morgan fingerprint density at radius 1 is 1.36 bits per heavy atom. The maximum Gasteiger partial charge on any atom is 0.237 e. The highest BCUT2D eigenvalue weighted by Gasteiger charge is 2.19. The smallest absolute Gasteiger partial charge is 0.237 e. The third-order valence-electron chi connectivity index (χ3n) is 1.75. The number of aromatic nitrogens is 2. The monoisotopic (exact) mass is 194 g/mol. The van der Waals surface area contributed by atoms with Gasteiger partial charge in [0.15, 0.2) is 6.10 Å². The minimum absolute atomic E-state index is 0.137. The van der Waals surface area contributed by atoms with Crippen LogP contribution in [0.3, 0.4) is 0 Å². The first-order chi connectivity index (χ1) is 6.79. The summed E-state index contributed by atoms with van der Waals surface area (Å²) in [7, 11) is 0. The van der Waals surface area contributed by atoms with Gasteiger partial charge < -0.3 is 9.52 Å². The van der Waals surface area contributed by atoms with E-state index in [9.17, 15) is 9.50 Å². The molecule has 0 amide bonds. The number of rotatable bonds is 2. The standard InChI is InChI=1S/C9H7FN2O2/c10-9-7(11-3-4-12-9)8(13)6-2-1-5-14-6/h1-5,8,13H. The number of aliphatic hydroxyl groups is 1. The fourth-order valence-electron chi connectivity index (χ4n) is 1.10. The van der Waals surface area contributed by atoms with E-state index in [1.54, 1.807) is 12.1 Å². The van der Waals surface area contributed by atoms with Gasteiger partial charge >= 0.3 is 0 Å². The molecule has 1 atom stereocenters. The van der Waals surface area contributed by atoms with Crippen LogP contribution in [0.1, 0.15) is 17.6 Å². The highest BCUT2D eigenvalue weighted by atomic mass is 19.1. The largest absolute Gasteiger partial charge is 0.466 e. The highest BCUT2D eigenvalue weighted by Crippen LogP contribution is 2.21. The molecule has 1 unspecified atom stereocenters. The molecule has 0 aromatic carbocycles. The van der Waals surface area contributed by atoms with Crippen molar-refractivity contribution in [3.8, 4) is 0 Å². The van der Waals surface area contributed by atoms with Gasteiger partial charge in [0, 0.05) is 12.4 Å². The van der Waals surface area contributed by atoms with E-state index in [1.807, 2.05) is 0 Å². The van der Waals surface area contributed by atoms with E-state index in [-0.39, 0.29) is 11.5 Å².